The average Bonchev–Trinajstić information content (AvgIpc) is 2.69. The Hall–Kier alpha value is -1.89. The Morgan fingerprint density at radius 2 is 2.11 bits per heavy atom. The van der Waals surface area contributed by atoms with E-state index in [1.54, 1.807) is 13.8 Å². The molecule has 0 aliphatic rings. The van der Waals surface area contributed by atoms with Crippen molar-refractivity contribution in [3.8, 4) is 0 Å². The number of aromatic nitrogens is 2. The van der Waals surface area contributed by atoms with Crippen LogP contribution in [0.2, 0.25) is 0 Å². The molecule has 7 nitrogen and oxygen atoms in total. The second kappa shape index (κ2) is 5.40. The van der Waals surface area contributed by atoms with Crippen molar-refractivity contribution in [1.82, 2.24) is 15.1 Å². The van der Waals surface area contributed by atoms with Crippen LogP contribution in [0, 0.1) is 0 Å². The van der Waals surface area contributed by atoms with Gasteiger partial charge in [-0.2, -0.15) is 5.10 Å². The number of rotatable bonds is 5. The van der Waals surface area contributed by atoms with E-state index in [1.165, 1.54) is 10.7 Å². The largest absolute Gasteiger partial charge is 0.389 e. The fourth-order valence-corrected chi connectivity index (χ4v) is 1.47. The number of hydrogen-bond acceptors (Lipinski definition) is 4. The summed E-state index contributed by atoms with van der Waals surface area (Å²) in [5, 5.41) is 16.2. The van der Waals surface area contributed by atoms with Crippen LogP contribution in [0.1, 0.15) is 54.7 Å². The lowest BCUT2D eigenvalue weighted by atomic mass is 10.1. The molecule has 4 N–H and O–H groups in total. The van der Waals surface area contributed by atoms with Crippen LogP contribution in [0.25, 0.3) is 0 Å². The minimum absolute atomic E-state index is 0.0436. The first-order valence-corrected chi connectivity index (χ1v) is 6.02. The lowest BCUT2D eigenvalue weighted by molar-refractivity contribution is 0.0688. The summed E-state index contributed by atoms with van der Waals surface area (Å²) in [7, 11) is 0. The number of hydrogen-bond donors (Lipinski definition) is 3. The lowest BCUT2D eigenvalue weighted by Crippen LogP contribution is -2.39. The zero-order chi connectivity index (χ0) is 14.8. The molecular formula is C12H20N4O3. The molecule has 0 aromatic carbocycles. The van der Waals surface area contributed by atoms with E-state index in [2.05, 4.69) is 10.4 Å². The molecule has 7 heteroatoms. The standard InChI is InChI=1S/C12H20N4O3/c1-7(2)16-9(5-8(15-16)10(13)17)11(18)14-6-12(3,4)19/h5,7,19H,6H2,1-4H3,(H2,13,17)(H,14,18). The van der Waals surface area contributed by atoms with E-state index < -0.39 is 17.4 Å². The molecule has 106 valence electrons. The third-order valence-electron chi connectivity index (χ3n) is 2.39. The second-order valence-corrected chi connectivity index (χ2v) is 5.31. The van der Waals surface area contributed by atoms with Crippen molar-refractivity contribution < 1.29 is 14.7 Å². The van der Waals surface area contributed by atoms with E-state index in [9.17, 15) is 14.7 Å². The maximum atomic E-state index is 12.0. The van der Waals surface area contributed by atoms with Gasteiger partial charge in [0.05, 0.1) is 5.60 Å². The molecule has 0 aliphatic carbocycles. The maximum absolute atomic E-state index is 12.0. The second-order valence-electron chi connectivity index (χ2n) is 5.31. The number of nitrogens with two attached hydrogens (primary N) is 1. The van der Waals surface area contributed by atoms with Gasteiger partial charge in [-0.25, -0.2) is 0 Å². The Balaban J connectivity index is 2.98. The summed E-state index contributed by atoms with van der Waals surface area (Å²) >= 11 is 0. The minimum Gasteiger partial charge on any atom is -0.389 e. The molecule has 0 fully saturated rings. The van der Waals surface area contributed by atoms with Crippen LogP contribution in [0.15, 0.2) is 6.07 Å². The number of aliphatic hydroxyl groups is 1. The highest BCUT2D eigenvalue weighted by Gasteiger charge is 2.21. The van der Waals surface area contributed by atoms with Gasteiger partial charge >= 0.3 is 0 Å². The molecule has 0 radical (unpaired) electrons. The molecule has 1 rings (SSSR count). The number of primary amides is 1. The predicted molar refractivity (Wildman–Crippen MR) is 69.8 cm³/mol. The molecule has 1 heterocycles. The molecule has 1 aromatic rings. The highest BCUT2D eigenvalue weighted by Crippen LogP contribution is 2.11. The van der Waals surface area contributed by atoms with E-state index in [0.717, 1.165) is 0 Å². The van der Waals surface area contributed by atoms with Crippen LogP contribution in [-0.2, 0) is 0 Å². The van der Waals surface area contributed by atoms with E-state index in [0.29, 0.717) is 0 Å². The highest BCUT2D eigenvalue weighted by atomic mass is 16.3. The smallest absolute Gasteiger partial charge is 0.269 e. The average molecular weight is 268 g/mol. The van der Waals surface area contributed by atoms with Gasteiger partial charge in [-0.15, -0.1) is 0 Å². The summed E-state index contributed by atoms with van der Waals surface area (Å²) in [4.78, 5) is 23.1. The highest BCUT2D eigenvalue weighted by molar-refractivity contribution is 5.97. The molecule has 0 saturated heterocycles. The van der Waals surface area contributed by atoms with Gasteiger partial charge in [0.1, 0.15) is 5.69 Å². The summed E-state index contributed by atoms with van der Waals surface area (Å²) in [5.41, 5.74) is 4.43. The van der Waals surface area contributed by atoms with E-state index in [-0.39, 0.29) is 24.0 Å². The van der Waals surface area contributed by atoms with Crippen molar-refractivity contribution in [3.05, 3.63) is 17.5 Å². The van der Waals surface area contributed by atoms with Crippen LogP contribution in [0.3, 0.4) is 0 Å². The van der Waals surface area contributed by atoms with Gasteiger partial charge in [-0.1, -0.05) is 0 Å². The number of carbonyl (C=O) groups is 2. The molecule has 0 saturated carbocycles. The van der Waals surface area contributed by atoms with E-state index >= 15 is 0 Å². The molecular weight excluding hydrogens is 248 g/mol. The molecule has 0 spiro atoms. The SMILES string of the molecule is CC(C)n1nc(C(N)=O)cc1C(=O)NCC(C)(C)O. The van der Waals surface area contributed by atoms with Crippen LogP contribution < -0.4 is 11.1 Å². The fraction of sp³-hybridized carbons (Fsp3) is 0.583. The van der Waals surface area contributed by atoms with Crippen molar-refractivity contribution >= 4 is 11.8 Å². The van der Waals surface area contributed by atoms with Crippen LogP contribution in [0.5, 0.6) is 0 Å². The zero-order valence-corrected chi connectivity index (χ0v) is 11.6. The normalized spacial score (nSPS) is 11.7. The Bertz CT molecular complexity index is 486. The van der Waals surface area contributed by atoms with Crippen molar-refractivity contribution in [3.63, 3.8) is 0 Å². The van der Waals surface area contributed by atoms with Crippen LogP contribution in [0.4, 0.5) is 0 Å². The van der Waals surface area contributed by atoms with Gasteiger partial charge in [0.2, 0.25) is 0 Å². The summed E-state index contributed by atoms with van der Waals surface area (Å²) in [6.45, 7) is 6.94. The molecule has 0 bridgehead atoms. The summed E-state index contributed by atoms with van der Waals surface area (Å²) in [5.74, 6) is -1.09. The number of amides is 2. The number of nitrogens with zero attached hydrogens (tertiary/aromatic N) is 2. The molecule has 2 amide bonds. The molecule has 0 unspecified atom stereocenters. The van der Waals surface area contributed by atoms with Crippen LogP contribution >= 0.6 is 0 Å². The zero-order valence-electron chi connectivity index (χ0n) is 11.6. The van der Waals surface area contributed by atoms with Gasteiger partial charge in [0.25, 0.3) is 11.8 Å². The Morgan fingerprint density at radius 1 is 1.53 bits per heavy atom. The minimum atomic E-state index is -1.01. The summed E-state index contributed by atoms with van der Waals surface area (Å²) in [6.07, 6.45) is 0. The summed E-state index contributed by atoms with van der Waals surface area (Å²) < 4.78 is 1.43. The fourth-order valence-electron chi connectivity index (χ4n) is 1.47. The van der Waals surface area contributed by atoms with Crippen LogP contribution in [-0.4, -0.2) is 38.8 Å². The number of nitrogens with one attached hydrogen (secondary N) is 1. The first-order chi connectivity index (χ1) is 8.61. The topological polar surface area (TPSA) is 110 Å². The van der Waals surface area contributed by atoms with Crippen molar-refractivity contribution in [2.45, 2.75) is 39.3 Å². The monoisotopic (exact) mass is 268 g/mol. The Morgan fingerprint density at radius 3 is 2.53 bits per heavy atom. The summed E-state index contributed by atoms with van der Waals surface area (Å²) in [6, 6.07) is 1.26. The molecule has 19 heavy (non-hydrogen) atoms. The molecule has 1 aromatic heterocycles. The van der Waals surface area contributed by atoms with E-state index in [1.807, 2.05) is 13.8 Å². The van der Waals surface area contributed by atoms with Gasteiger partial charge in [0, 0.05) is 18.7 Å². The van der Waals surface area contributed by atoms with Gasteiger partial charge in [-0.3, -0.25) is 14.3 Å². The lowest BCUT2D eigenvalue weighted by Gasteiger charge is -2.18. The van der Waals surface area contributed by atoms with Crippen molar-refractivity contribution in [2.24, 2.45) is 5.73 Å². The van der Waals surface area contributed by atoms with E-state index in [4.69, 9.17) is 5.73 Å². The van der Waals surface area contributed by atoms with Gasteiger partial charge in [0.15, 0.2) is 5.69 Å². The first kappa shape index (κ1) is 15.2. The van der Waals surface area contributed by atoms with Crippen molar-refractivity contribution in [1.29, 1.82) is 0 Å². The van der Waals surface area contributed by atoms with Gasteiger partial charge < -0.3 is 16.2 Å². The Labute approximate surface area is 111 Å². The molecule has 0 aliphatic heterocycles. The third-order valence-corrected chi connectivity index (χ3v) is 2.39. The third kappa shape index (κ3) is 4.06. The Kier molecular flexibility index (Phi) is 4.31. The quantitative estimate of drug-likeness (QED) is 0.701. The predicted octanol–water partition coefficient (Wildman–Crippen LogP) is 0.0636. The maximum Gasteiger partial charge on any atom is 0.269 e. The van der Waals surface area contributed by atoms with Crippen molar-refractivity contribution in [2.75, 3.05) is 6.54 Å². The molecule has 0 atom stereocenters. The van der Waals surface area contributed by atoms with Gasteiger partial charge in [-0.05, 0) is 27.7 Å². The first-order valence-electron chi connectivity index (χ1n) is 6.02. The number of carbonyl (C=O) groups excluding carboxylic acids is 2.